The highest BCUT2D eigenvalue weighted by molar-refractivity contribution is 7.11. The number of anilines is 1. The van der Waals surface area contributed by atoms with Crippen LogP contribution in [0.5, 0.6) is 0 Å². The van der Waals surface area contributed by atoms with Crippen molar-refractivity contribution in [2.75, 3.05) is 64.4 Å². The van der Waals surface area contributed by atoms with Crippen LogP contribution in [-0.2, 0) is 4.74 Å². The second-order valence-corrected chi connectivity index (χ2v) is 7.70. The third-order valence-electron chi connectivity index (χ3n) is 4.91. The predicted octanol–water partition coefficient (Wildman–Crippen LogP) is 1.22. The topological polar surface area (TPSA) is 61.8 Å². The Labute approximate surface area is 151 Å². The number of aryl methyl sites for hydroxylation is 1. The van der Waals surface area contributed by atoms with Crippen LogP contribution in [0.15, 0.2) is 5.38 Å². The van der Waals surface area contributed by atoms with Gasteiger partial charge in [-0.25, -0.2) is 9.97 Å². The van der Waals surface area contributed by atoms with Crippen LogP contribution in [0.2, 0.25) is 0 Å². The number of nitrogens with zero attached hydrogens (tertiary/aromatic N) is 5. The van der Waals surface area contributed by atoms with Gasteiger partial charge in [0.15, 0.2) is 0 Å². The number of hydrogen-bond donors (Lipinski definition) is 0. The first-order chi connectivity index (χ1) is 12.1. The molecule has 0 unspecified atom stereocenters. The van der Waals surface area contributed by atoms with E-state index in [4.69, 9.17) is 9.72 Å². The van der Waals surface area contributed by atoms with Gasteiger partial charge in [-0.05, 0) is 14.0 Å². The van der Waals surface area contributed by atoms with E-state index in [1.54, 1.807) is 11.3 Å². The van der Waals surface area contributed by atoms with Crippen molar-refractivity contribution in [2.24, 2.45) is 0 Å². The summed E-state index contributed by atoms with van der Waals surface area (Å²) in [6.07, 6.45) is 0. The third-order valence-corrected chi connectivity index (χ3v) is 5.81. The molecule has 0 saturated carbocycles. The molecular weight excluding hydrogens is 338 g/mol. The average molecular weight is 361 g/mol. The second kappa shape index (κ2) is 6.86. The lowest BCUT2D eigenvalue weighted by Crippen LogP contribution is -2.47. The van der Waals surface area contributed by atoms with Gasteiger partial charge in [0.2, 0.25) is 5.82 Å². The van der Waals surface area contributed by atoms with Crippen LogP contribution >= 0.6 is 11.3 Å². The molecule has 2 aromatic heterocycles. The number of ether oxygens (including phenoxy) is 1. The largest absolute Gasteiger partial charge is 0.378 e. The standard InChI is InChI=1S/C17H23N5O2S/c1-12-14-13(11-25-12)18-15(17(23)22-5-3-20(2)4-6-22)19-16(14)21-7-9-24-10-8-21/h11H,3-10H2,1-2H3. The number of hydrogen-bond acceptors (Lipinski definition) is 7. The second-order valence-electron chi connectivity index (χ2n) is 6.62. The Kier molecular flexibility index (Phi) is 4.58. The van der Waals surface area contributed by atoms with Crippen LogP contribution in [-0.4, -0.2) is 85.2 Å². The zero-order chi connectivity index (χ0) is 17.4. The maximum Gasteiger partial charge on any atom is 0.291 e. The van der Waals surface area contributed by atoms with E-state index >= 15 is 0 Å². The summed E-state index contributed by atoms with van der Waals surface area (Å²) >= 11 is 1.66. The molecule has 134 valence electrons. The highest BCUT2D eigenvalue weighted by atomic mass is 32.1. The fourth-order valence-corrected chi connectivity index (χ4v) is 4.12. The van der Waals surface area contributed by atoms with E-state index in [9.17, 15) is 4.79 Å². The molecule has 8 heteroatoms. The fraction of sp³-hybridized carbons (Fsp3) is 0.588. The minimum absolute atomic E-state index is 0.0617. The summed E-state index contributed by atoms with van der Waals surface area (Å²) in [6, 6.07) is 0. The molecule has 1 amide bonds. The summed E-state index contributed by atoms with van der Waals surface area (Å²) in [6.45, 7) is 8.30. The lowest BCUT2D eigenvalue weighted by molar-refractivity contribution is 0.0652. The monoisotopic (exact) mass is 361 g/mol. The van der Waals surface area contributed by atoms with Crippen molar-refractivity contribution in [3.63, 3.8) is 0 Å². The summed E-state index contributed by atoms with van der Waals surface area (Å²) in [5.74, 6) is 1.13. The number of piperazine rings is 1. The van der Waals surface area contributed by atoms with Crippen molar-refractivity contribution in [2.45, 2.75) is 6.92 Å². The first-order valence-electron chi connectivity index (χ1n) is 8.70. The van der Waals surface area contributed by atoms with Gasteiger partial charge in [0, 0.05) is 49.5 Å². The van der Waals surface area contributed by atoms with E-state index in [1.807, 2.05) is 10.3 Å². The van der Waals surface area contributed by atoms with Crippen LogP contribution in [0.3, 0.4) is 0 Å². The normalized spacial score (nSPS) is 19.6. The summed E-state index contributed by atoms with van der Waals surface area (Å²) < 4.78 is 5.47. The van der Waals surface area contributed by atoms with Crippen LogP contribution < -0.4 is 4.90 Å². The molecule has 0 radical (unpaired) electrons. The lowest BCUT2D eigenvalue weighted by atomic mass is 10.2. The molecule has 0 aromatic carbocycles. The van der Waals surface area contributed by atoms with Gasteiger partial charge in [-0.3, -0.25) is 4.79 Å². The van der Waals surface area contributed by atoms with Crippen LogP contribution in [0.4, 0.5) is 5.82 Å². The van der Waals surface area contributed by atoms with Crippen LogP contribution in [0, 0.1) is 6.92 Å². The van der Waals surface area contributed by atoms with E-state index in [2.05, 4.69) is 28.8 Å². The van der Waals surface area contributed by atoms with Crippen molar-refractivity contribution in [3.8, 4) is 0 Å². The maximum absolute atomic E-state index is 12.9. The zero-order valence-corrected chi connectivity index (χ0v) is 15.5. The molecule has 2 fully saturated rings. The van der Waals surface area contributed by atoms with Crippen molar-refractivity contribution >= 4 is 34.0 Å². The first-order valence-corrected chi connectivity index (χ1v) is 9.58. The van der Waals surface area contributed by atoms with Gasteiger partial charge in [-0.15, -0.1) is 11.3 Å². The van der Waals surface area contributed by atoms with Gasteiger partial charge in [-0.2, -0.15) is 0 Å². The number of carbonyl (C=O) groups excluding carboxylic acids is 1. The maximum atomic E-state index is 12.9. The Morgan fingerprint density at radius 1 is 1.12 bits per heavy atom. The Morgan fingerprint density at radius 2 is 1.84 bits per heavy atom. The minimum Gasteiger partial charge on any atom is -0.378 e. The molecule has 0 spiro atoms. The molecule has 0 bridgehead atoms. The van der Waals surface area contributed by atoms with Gasteiger partial charge in [0.05, 0.1) is 24.1 Å². The number of rotatable bonds is 2. The van der Waals surface area contributed by atoms with Gasteiger partial charge >= 0.3 is 0 Å². The minimum atomic E-state index is -0.0617. The molecular formula is C17H23N5O2S. The lowest BCUT2D eigenvalue weighted by Gasteiger charge is -2.32. The molecule has 2 saturated heterocycles. The average Bonchev–Trinajstić information content (AvgIpc) is 3.03. The number of amides is 1. The fourth-order valence-electron chi connectivity index (χ4n) is 3.34. The summed E-state index contributed by atoms with van der Waals surface area (Å²) in [4.78, 5) is 29.7. The molecule has 4 heterocycles. The molecule has 2 aliphatic rings. The zero-order valence-electron chi connectivity index (χ0n) is 14.7. The molecule has 0 N–H and O–H groups in total. The predicted molar refractivity (Wildman–Crippen MR) is 98.6 cm³/mol. The van der Waals surface area contributed by atoms with Crippen molar-refractivity contribution in [1.82, 2.24) is 19.8 Å². The van der Waals surface area contributed by atoms with E-state index < -0.39 is 0 Å². The highest BCUT2D eigenvalue weighted by Crippen LogP contribution is 2.32. The van der Waals surface area contributed by atoms with Crippen molar-refractivity contribution < 1.29 is 9.53 Å². The molecule has 0 aliphatic carbocycles. The summed E-state index contributed by atoms with van der Waals surface area (Å²) in [5, 5.41) is 3.10. The number of fused-ring (bicyclic) bond motifs is 1. The van der Waals surface area contributed by atoms with Crippen LogP contribution in [0.25, 0.3) is 10.9 Å². The quantitative estimate of drug-likeness (QED) is 0.802. The van der Waals surface area contributed by atoms with Crippen molar-refractivity contribution in [1.29, 1.82) is 0 Å². The Morgan fingerprint density at radius 3 is 2.56 bits per heavy atom. The van der Waals surface area contributed by atoms with Crippen LogP contribution in [0.1, 0.15) is 15.5 Å². The molecule has 25 heavy (non-hydrogen) atoms. The van der Waals surface area contributed by atoms with Crippen molar-refractivity contribution in [3.05, 3.63) is 16.1 Å². The number of likely N-dealkylation sites (N-methyl/N-ethyl adjacent to an activating group) is 1. The van der Waals surface area contributed by atoms with Gasteiger partial charge < -0.3 is 19.4 Å². The third kappa shape index (κ3) is 3.21. The summed E-state index contributed by atoms with van der Waals surface area (Å²) in [5.41, 5.74) is 0.872. The smallest absolute Gasteiger partial charge is 0.291 e. The summed E-state index contributed by atoms with van der Waals surface area (Å²) in [7, 11) is 2.08. The van der Waals surface area contributed by atoms with E-state index in [-0.39, 0.29) is 5.91 Å². The van der Waals surface area contributed by atoms with Gasteiger partial charge in [0.1, 0.15) is 5.82 Å². The SMILES string of the molecule is Cc1scc2nc(C(=O)N3CCN(C)CC3)nc(N3CCOCC3)c12. The van der Waals surface area contributed by atoms with E-state index in [1.165, 1.54) is 4.88 Å². The van der Waals surface area contributed by atoms with E-state index in [0.717, 1.165) is 56.0 Å². The van der Waals surface area contributed by atoms with Gasteiger partial charge in [0.25, 0.3) is 5.91 Å². The molecule has 7 nitrogen and oxygen atoms in total. The number of aromatic nitrogens is 2. The molecule has 2 aromatic rings. The molecule has 0 atom stereocenters. The van der Waals surface area contributed by atoms with Gasteiger partial charge in [-0.1, -0.05) is 0 Å². The number of thiophene rings is 1. The molecule has 2 aliphatic heterocycles. The molecule has 4 rings (SSSR count). The highest BCUT2D eigenvalue weighted by Gasteiger charge is 2.26. The Bertz CT molecular complexity index is 779. The first kappa shape index (κ1) is 16.7. The number of carbonyl (C=O) groups is 1. The Hall–Kier alpha value is -1.77. The van der Waals surface area contributed by atoms with E-state index in [0.29, 0.717) is 19.0 Å². The Balaban J connectivity index is 1.71. The number of morpholine rings is 1.